The lowest BCUT2D eigenvalue weighted by Crippen LogP contribution is -2.43. The molecule has 1 aliphatic rings. The van der Waals surface area contributed by atoms with Gasteiger partial charge in [0.1, 0.15) is 6.61 Å². The Labute approximate surface area is 301 Å². The van der Waals surface area contributed by atoms with Gasteiger partial charge in [-0.2, -0.15) is 4.98 Å². The maximum Gasteiger partial charge on any atom is 0.335 e. The van der Waals surface area contributed by atoms with Crippen LogP contribution in [0.2, 0.25) is 0 Å². The summed E-state index contributed by atoms with van der Waals surface area (Å²) >= 11 is 0. The summed E-state index contributed by atoms with van der Waals surface area (Å²) in [4.78, 5) is 29.8. The molecule has 1 aliphatic heterocycles. The Kier molecular flexibility index (Phi) is 11.6. The van der Waals surface area contributed by atoms with Gasteiger partial charge in [0.25, 0.3) is 10.0 Å². The summed E-state index contributed by atoms with van der Waals surface area (Å²) in [7, 11) is -4.24. The van der Waals surface area contributed by atoms with Crippen molar-refractivity contribution < 1.29 is 23.1 Å². The van der Waals surface area contributed by atoms with Gasteiger partial charge < -0.3 is 15.2 Å². The van der Waals surface area contributed by atoms with E-state index in [2.05, 4.69) is 65.7 Å². The van der Waals surface area contributed by atoms with Crippen LogP contribution in [0.1, 0.15) is 92.8 Å². The smallest absolute Gasteiger partial charge is 0.335 e. The van der Waals surface area contributed by atoms with Crippen molar-refractivity contribution in [1.82, 2.24) is 25.3 Å². The van der Waals surface area contributed by atoms with E-state index in [-0.39, 0.29) is 46.4 Å². The number of rotatable bonds is 11. The topological polar surface area (TPSA) is 156 Å². The highest BCUT2D eigenvalue weighted by atomic mass is 32.2. The summed E-state index contributed by atoms with van der Waals surface area (Å²) in [5, 5.41) is 13.2. The Morgan fingerprint density at radius 2 is 1.76 bits per heavy atom. The first-order valence-electron chi connectivity index (χ1n) is 17.3. The second-order valence-electron chi connectivity index (χ2n) is 14.7. The van der Waals surface area contributed by atoms with Gasteiger partial charge in [0.2, 0.25) is 11.8 Å². The van der Waals surface area contributed by atoms with Crippen molar-refractivity contribution >= 4 is 28.0 Å². The molecule has 0 aliphatic carbocycles. The van der Waals surface area contributed by atoms with Gasteiger partial charge in [-0.15, -0.1) is 0 Å². The summed E-state index contributed by atoms with van der Waals surface area (Å²) < 4.78 is 35.8. The zero-order chi connectivity index (χ0) is 36.9. The van der Waals surface area contributed by atoms with Gasteiger partial charge >= 0.3 is 5.97 Å². The third-order valence-corrected chi connectivity index (χ3v) is 10.4. The summed E-state index contributed by atoms with van der Waals surface area (Å²) in [6.45, 7) is 15.1. The summed E-state index contributed by atoms with van der Waals surface area (Å²) in [6, 6.07) is 12.7. The molecule has 0 saturated carbocycles. The highest BCUT2D eigenvalue weighted by Gasteiger charge is 2.32. The Hall–Kier alpha value is -4.68. The number of aromatic carboxylic acids is 1. The average molecular weight is 713 g/mol. The standard InChI is InChI=1S/C39H48N6O5S/c1-24(2)30-15-10-16-31(33-22-40-28(21-41-33)17-18-39(5,6)7)42-34(30)23-50-35-20-32(36-25(3)11-8-12-26(36)4)43-38(44-35)45-51(48,49)29-14-9-13-27(19-29)37(46)47/h8-9,11-14,17-22,24,30-31,34,42H,10,15-16,23H2,1-7H3,(H,46,47)(H,43,44,45)/t30-,31-,34-/m0/s1. The second-order valence-corrected chi connectivity index (χ2v) is 16.3. The van der Waals surface area contributed by atoms with Crippen molar-refractivity contribution in [3.63, 3.8) is 0 Å². The Bertz CT molecular complexity index is 1970. The van der Waals surface area contributed by atoms with Crippen molar-refractivity contribution in [3.8, 4) is 17.1 Å². The van der Waals surface area contributed by atoms with E-state index in [1.54, 1.807) is 6.07 Å². The van der Waals surface area contributed by atoms with Gasteiger partial charge in [-0.3, -0.25) is 9.97 Å². The zero-order valence-corrected chi connectivity index (χ0v) is 31.2. The van der Waals surface area contributed by atoms with Gasteiger partial charge in [0.15, 0.2) is 0 Å². The molecule has 3 N–H and O–H groups in total. The van der Waals surface area contributed by atoms with E-state index in [0.717, 1.165) is 53.4 Å². The minimum absolute atomic E-state index is 0.0185. The molecule has 12 heteroatoms. The molecule has 0 spiro atoms. The molecule has 0 amide bonds. The van der Waals surface area contributed by atoms with Crippen molar-refractivity contribution in [1.29, 1.82) is 0 Å². The van der Waals surface area contributed by atoms with Crippen molar-refractivity contribution in [2.45, 2.75) is 84.7 Å². The van der Waals surface area contributed by atoms with Crippen LogP contribution in [0.25, 0.3) is 17.3 Å². The van der Waals surface area contributed by atoms with E-state index < -0.39 is 16.0 Å². The third-order valence-electron chi connectivity index (χ3n) is 9.09. The van der Waals surface area contributed by atoms with Gasteiger partial charge in [0.05, 0.1) is 46.0 Å². The number of ether oxygens (including phenoxy) is 1. The molecule has 270 valence electrons. The van der Waals surface area contributed by atoms with Crippen LogP contribution in [0, 0.1) is 31.1 Å². The van der Waals surface area contributed by atoms with Crippen LogP contribution in [0.5, 0.6) is 5.88 Å². The van der Waals surface area contributed by atoms with Gasteiger partial charge in [-0.25, -0.2) is 22.9 Å². The molecule has 2 aromatic heterocycles. The lowest BCUT2D eigenvalue weighted by atomic mass is 9.85. The number of aromatic nitrogens is 4. The predicted molar refractivity (Wildman–Crippen MR) is 199 cm³/mol. The van der Waals surface area contributed by atoms with Gasteiger partial charge in [-0.05, 0) is 79.3 Å². The van der Waals surface area contributed by atoms with E-state index >= 15 is 0 Å². The molecule has 3 heterocycles. The number of anilines is 1. The molecule has 1 fully saturated rings. The molecular formula is C39H48N6O5S. The summed E-state index contributed by atoms with van der Waals surface area (Å²) in [5.41, 5.74) is 4.83. The number of nitrogens with one attached hydrogen (secondary N) is 2. The number of allylic oxidation sites excluding steroid dienone is 1. The highest BCUT2D eigenvalue weighted by molar-refractivity contribution is 7.92. The van der Waals surface area contributed by atoms with Crippen molar-refractivity contribution in [2.24, 2.45) is 17.3 Å². The van der Waals surface area contributed by atoms with Gasteiger partial charge in [0, 0.05) is 17.7 Å². The Morgan fingerprint density at radius 1 is 1.04 bits per heavy atom. The Morgan fingerprint density at radius 3 is 2.41 bits per heavy atom. The van der Waals surface area contributed by atoms with E-state index in [0.29, 0.717) is 17.5 Å². The number of hydrogen-bond donors (Lipinski definition) is 3. The van der Waals surface area contributed by atoms with Crippen LogP contribution in [0.4, 0.5) is 5.95 Å². The largest absolute Gasteiger partial charge is 0.478 e. The lowest BCUT2D eigenvalue weighted by molar-refractivity contribution is 0.0696. The number of carboxylic acid groups (broad SMARTS) is 1. The number of benzene rings is 2. The fourth-order valence-corrected chi connectivity index (χ4v) is 7.41. The maximum atomic E-state index is 13.5. The first-order valence-corrected chi connectivity index (χ1v) is 18.8. The molecule has 1 saturated heterocycles. The third kappa shape index (κ3) is 9.77. The van der Waals surface area contributed by atoms with Crippen molar-refractivity contribution in [3.05, 3.63) is 95.1 Å². The molecule has 5 rings (SSSR count). The second kappa shape index (κ2) is 15.7. The van der Waals surface area contributed by atoms with Crippen LogP contribution in [-0.4, -0.2) is 52.1 Å². The Balaban J connectivity index is 1.44. The fraction of sp³-hybridized carbons (Fsp3) is 0.410. The van der Waals surface area contributed by atoms with Gasteiger partial charge in [-0.1, -0.05) is 71.4 Å². The van der Waals surface area contributed by atoms with E-state index in [4.69, 9.17) is 9.72 Å². The molecule has 0 radical (unpaired) electrons. The molecule has 0 unspecified atom stereocenters. The maximum absolute atomic E-state index is 13.5. The van der Waals surface area contributed by atoms with Crippen LogP contribution in [-0.2, 0) is 10.0 Å². The van der Waals surface area contributed by atoms with E-state index in [1.807, 2.05) is 50.5 Å². The van der Waals surface area contributed by atoms with E-state index in [1.165, 1.54) is 18.2 Å². The number of nitrogens with zero attached hydrogens (tertiary/aromatic N) is 4. The SMILES string of the molecule is Cc1cccc(C)c1-c1cc(OC[C@@H]2N[C@H](c3cnc(C=CC(C)(C)C)cn3)CCC[C@H]2C(C)C)nc(NS(=O)(=O)c2cccc(C(=O)O)c2)n1. The molecule has 51 heavy (non-hydrogen) atoms. The molecule has 2 aromatic carbocycles. The monoisotopic (exact) mass is 712 g/mol. The minimum Gasteiger partial charge on any atom is -0.478 e. The average Bonchev–Trinajstić information content (AvgIpc) is 3.29. The normalized spacial score (nSPS) is 18.5. The number of sulfonamides is 1. The number of aryl methyl sites for hydroxylation is 2. The molecule has 11 nitrogen and oxygen atoms in total. The lowest BCUT2D eigenvalue weighted by Gasteiger charge is -2.30. The summed E-state index contributed by atoms with van der Waals surface area (Å²) in [6.07, 6.45) is 10.7. The van der Waals surface area contributed by atoms with Crippen LogP contribution < -0.4 is 14.8 Å². The zero-order valence-electron chi connectivity index (χ0n) is 30.3. The first-order chi connectivity index (χ1) is 24.1. The predicted octanol–water partition coefficient (Wildman–Crippen LogP) is 7.64. The minimum atomic E-state index is -4.24. The quantitative estimate of drug-likeness (QED) is 0.141. The van der Waals surface area contributed by atoms with Crippen LogP contribution in [0.3, 0.4) is 0 Å². The molecule has 3 atom stereocenters. The first kappa shape index (κ1) is 37.6. The van der Waals surface area contributed by atoms with E-state index in [9.17, 15) is 18.3 Å². The number of hydrogen-bond acceptors (Lipinski definition) is 9. The number of carboxylic acids is 1. The van der Waals surface area contributed by atoms with Crippen LogP contribution >= 0.6 is 0 Å². The molecular weight excluding hydrogens is 665 g/mol. The molecule has 0 bridgehead atoms. The summed E-state index contributed by atoms with van der Waals surface area (Å²) in [5.74, 6) is -0.535. The number of carbonyl (C=O) groups is 1. The fourth-order valence-electron chi connectivity index (χ4n) is 6.42. The molecule has 4 aromatic rings. The highest BCUT2D eigenvalue weighted by Crippen LogP contribution is 2.33. The van der Waals surface area contributed by atoms with Crippen molar-refractivity contribution in [2.75, 3.05) is 11.3 Å². The van der Waals surface area contributed by atoms with Crippen LogP contribution in [0.15, 0.2) is 71.9 Å².